The Morgan fingerprint density at radius 2 is 2.17 bits per heavy atom. The molecule has 1 aromatic carbocycles. The topological polar surface area (TPSA) is 0 Å². The highest BCUT2D eigenvalue weighted by Crippen LogP contribution is 2.29. The summed E-state index contributed by atoms with van der Waals surface area (Å²) in [6.07, 6.45) is 0. The maximum absolute atomic E-state index is 13.1. The van der Waals surface area contributed by atoms with Crippen LogP contribution < -0.4 is 0 Å². The second-order valence-corrected chi connectivity index (χ2v) is 4.81. The minimum absolute atomic E-state index is 0.100. The SMILES string of the molecule is Cc1cc(I)cc2c(F)csc12. The van der Waals surface area contributed by atoms with Crippen molar-refractivity contribution in [2.45, 2.75) is 6.92 Å². The molecule has 0 aliphatic heterocycles. The maximum atomic E-state index is 13.1. The number of rotatable bonds is 0. The van der Waals surface area contributed by atoms with E-state index in [-0.39, 0.29) is 5.82 Å². The molecule has 62 valence electrons. The Morgan fingerprint density at radius 3 is 2.92 bits per heavy atom. The molecule has 0 aliphatic rings. The van der Waals surface area contributed by atoms with E-state index in [1.165, 1.54) is 11.3 Å². The standard InChI is InChI=1S/C9H6FIS/c1-5-2-6(11)3-7-8(10)4-12-9(5)7/h2-4H,1H3. The van der Waals surface area contributed by atoms with E-state index in [0.717, 1.165) is 19.2 Å². The summed E-state index contributed by atoms with van der Waals surface area (Å²) in [4.78, 5) is 0. The van der Waals surface area contributed by atoms with Crippen molar-refractivity contribution in [3.63, 3.8) is 0 Å². The van der Waals surface area contributed by atoms with E-state index >= 15 is 0 Å². The lowest BCUT2D eigenvalue weighted by Gasteiger charge is -1.96. The Labute approximate surface area is 87.5 Å². The molecule has 0 bridgehead atoms. The van der Waals surface area contributed by atoms with Gasteiger partial charge in [-0.1, -0.05) is 0 Å². The minimum Gasteiger partial charge on any atom is -0.205 e. The summed E-state index contributed by atoms with van der Waals surface area (Å²) in [5.74, 6) is -0.100. The minimum atomic E-state index is -0.100. The van der Waals surface area contributed by atoms with Crippen LogP contribution in [0.5, 0.6) is 0 Å². The van der Waals surface area contributed by atoms with Crippen LogP contribution in [0.2, 0.25) is 0 Å². The highest BCUT2D eigenvalue weighted by atomic mass is 127. The second kappa shape index (κ2) is 2.96. The predicted molar refractivity (Wildman–Crippen MR) is 59.2 cm³/mol. The Kier molecular flexibility index (Phi) is 2.08. The average Bonchev–Trinajstić information content (AvgIpc) is 2.33. The van der Waals surface area contributed by atoms with Crippen molar-refractivity contribution in [1.29, 1.82) is 0 Å². The summed E-state index contributed by atoms with van der Waals surface area (Å²) in [7, 11) is 0. The van der Waals surface area contributed by atoms with Gasteiger partial charge in [0.25, 0.3) is 0 Å². The number of hydrogen-bond donors (Lipinski definition) is 0. The average molecular weight is 292 g/mol. The molecule has 0 fully saturated rings. The Bertz CT molecular complexity index is 433. The third-order valence-corrected chi connectivity index (χ3v) is 3.50. The molecule has 12 heavy (non-hydrogen) atoms. The smallest absolute Gasteiger partial charge is 0.141 e. The van der Waals surface area contributed by atoms with Crippen molar-refractivity contribution < 1.29 is 4.39 Å². The number of fused-ring (bicyclic) bond motifs is 1. The normalized spacial score (nSPS) is 10.9. The van der Waals surface area contributed by atoms with Crippen LogP contribution in [0.3, 0.4) is 0 Å². The summed E-state index contributed by atoms with van der Waals surface area (Å²) >= 11 is 3.68. The van der Waals surface area contributed by atoms with Gasteiger partial charge < -0.3 is 0 Å². The zero-order valence-corrected chi connectivity index (χ0v) is 9.37. The van der Waals surface area contributed by atoms with Crippen LogP contribution in [0.4, 0.5) is 4.39 Å². The molecule has 1 heterocycles. The third-order valence-electron chi connectivity index (χ3n) is 1.78. The molecule has 2 aromatic rings. The lowest BCUT2D eigenvalue weighted by Crippen LogP contribution is -1.77. The molecule has 0 radical (unpaired) electrons. The van der Waals surface area contributed by atoms with E-state index in [4.69, 9.17) is 0 Å². The molecule has 0 amide bonds. The first-order chi connectivity index (χ1) is 5.68. The van der Waals surface area contributed by atoms with E-state index in [1.54, 1.807) is 5.38 Å². The highest BCUT2D eigenvalue weighted by Gasteiger charge is 2.05. The first kappa shape index (κ1) is 8.44. The van der Waals surface area contributed by atoms with Crippen LogP contribution >= 0.6 is 33.9 Å². The van der Waals surface area contributed by atoms with Gasteiger partial charge in [0.15, 0.2) is 0 Å². The molecule has 0 nitrogen and oxygen atoms in total. The molecule has 0 saturated heterocycles. The summed E-state index contributed by atoms with van der Waals surface area (Å²) in [6.45, 7) is 2.01. The molecule has 0 atom stereocenters. The zero-order valence-electron chi connectivity index (χ0n) is 6.40. The van der Waals surface area contributed by atoms with E-state index in [2.05, 4.69) is 28.7 Å². The van der Waals surface area contributed by atoms with Gasteiger partial charge in [-0.25, -0.2) is 4.39 Å². The quantitative estimate of drug-likeness (QED) is 0.645. The van der Waals surface area contributed by atoms with E-state index in [9.17, 15) is 4.39 Å². The molecular formula is C9H6FIS. The van der Waals surface area contributed by atoms with Gasteiger partial charge in [0, 0.05) is 19.0 Å². The fourth-order valence-electron chi connectivity index (χ4n) is 1.24. The van der Waals surface area contributed by atoms with Gasteiger partial charge in [0.1, 0.15) is 5.82 Å². The van der Waals surface area contributed by atoms with Crippen LogP contribution in [0.1, 0.15) is 5.56 Å². The number of thiophene rings is 1. The van der Waals surface area contributed by atoms with Gasteiger partial charge >= 0.3 is 0 Å². The molecular weight excluding hydrogens is 286 g/mol. The van der Waals surface area contributed by atoms with Crippen molar-refractivity contribution in [3.8, 4) is 0 Å². The van der Waals surface area contributed by atoms with Gasteiger partial charge in [-0.3, -0.25) is 0 Å². The molecule has 0 saturated carbocycles. The van der Waals surface area contributed by atoms with Crippen molar-refractivity contribution in [2.75, 3.05) is 0 Å². The van der Waals surface area contributed by atoms with Gasteiger partial charge in [0.05, 0.1) is 0 Å². The molecule has 0 N–H and O–H groups in total. The largest absolute Gasteiger partial charge is 0.205 e. The van der Waals surface area contributed by atoms with E-state index < -0.39 is 0 Å². The fourth-order valence-corrected chi connectivity index (χ4v) is 2.89. The van der Waals surface area contributed by atoms with E-state index in [1.807, 2.05) is 13.0 Å². The molecule has 0 aliphatic carbocycles. The first-order valence-electron chi connectivity index (χ1n) is 3.51. The van der Waals surface area contributed by atoms with Crippen LogP contribution in [-0.4, -0.2) is 0 Å². The maximum Gasteiger partial charge on any atom is 0.141 e. The first-order valence-corrected chi connectivity index (χ1v) is 5.47. The lowest BCUT2D eigenvalue weighted by atomic mass is 10.2. The summed E-state index contributed by atoms with van der Waals surface area (Å²) in [5, 5.41) is 2.32. The van der Waals surface area contributed by atoms with Crippen molar-refractivity contribution in [2.24, 2.45) is 0 Å². The van der Waals surface area contributed by atoms with Crippen LogP contribution in [0.25, 0.3) is 10.1 Å². The molecule has 3 heteroatoms. The molecule has 1 aromatic heterocycles. The van der Waals surface area contributed by atoms with Crippen molar-refractivity contribution in [3.05, 3.63) is 32.5 Å². The number of halogens is 2. The van der Waals surface area contributed by atoms with Crippen LogP contribution in [0.15, 0.2) is 17.5 Å². The Balaban J connectivity index is 2.92. The van der Waals surface area contributed by atoms with Crippen molar-refractivity contribution in [1.82, 2.24) is 0 Å². The van der Waals surface area contributed by atoms with Gasteiger partial charge in [-0.2, -0.15) is 0 Å². The van der Waals surface area contributed by atoms with Crippen molar-refractivity contribution >= 4 is 44.0 Å². The fraction of sp³-hybridized carbons (Fsp3) is 0.111. The zero-order chi connectivity index (χ0) is 8.72. The van der Waals surface area contributed by atoms with Crippen LogP contribution in [0, 0.1) is 16.3 Å². The molecule has 2 rings (SSSR count). The summed E-state index contributed by atoms with van der Waals surface area (Å²) < 4.78 is 15.3. The number of benzene rings is 1. The molecule has 0 unspecified atom stereocenters. The third kappa shape index (κ3) is 1.25. The van der Waals surface area contributed by atoms with Gasteiger partial charge in [-0.05, 0) is 47.2 Å². The number of hydrogen-bond acceptors (Lipinski definition) is 1. The Morgan fingerprint density at radius 1 is 1.42 bits per heavy atom. The van der Waals surface area contributed by atoms with Gasteiger partial charge in [0.2, 0.25) is 0 Å². The van der Waals surface area contributed by atoms with Gasteiger partial charge in [-0.15, -0.1) is 11.3 Å². The summed E-state index contributed by atoms with van der Waals surface area (Å²) in [5.41, 5.74) is 1.16. The predicted octanol–water partition coefficient (Wildman–Crippen LogP) is 3.95. The lowest BCUT2D eigenvalue weighted by molar-refractivity contribution is 0.644. The number of aryl methyl sites for hydroxylation is 1. The van der Waals surface area contributed by atoms with E-state index in [0.29, 0.717) is 0 Å². The highest BCUT2D eigenvalue weighted by molar-refractivity contribution is 14.1. The van der Waals surface area contributed by atoms with Crippen LogP contribution in [-0.2, 0) is 0 Å². The monoisotopic (exact) mass is 292 g/mol. The second-order valence-electron chi connectivity index (χ2n) is 2.68. The summed E-state index contributed by atoms with van der Waals surface area (Å²) in [6, 6.07) is 3.95. The Hall–Kier alpha value is -0.160. The molecule has 0 spiro atoms.